The highest BCUT2D eigenvalue weighted by molar-refractivity contribution is 5.46. The summed E-state index contributed by atoms with van der Waals surface area (Å²) in [5.74, 6) is 2.87. The highest BCUT2D eigenvalue weighted by Crippen LogP contribution is 2.35. The summed E-state index contributed by atoms with van der Waals surface area (Å²) in [5, 5.41) is 3.39. The predicted octanol–water partition coefficient (Wildman–Crippen LogP) is 3.91. The minimum atomic E-state index is 0.0789. The zero-order chi connectivity index (χ0) is 14.7. The number of para-hydroxylation sites is 1. The van der Waals surface area contributed by atoms with E-state index in [1.54, 1.807) is 0 Å². The van der Waals surface area contributed by atoms with Crippen molar-refractivity contribution in [2.45, 2.75) is 33.7 Å². The van der Waals surface area contributed by atoms with Gasteiger partial charge in [0.1, 0.15) is 17.3 Å². The van der Waals surface area contributed by atoms with Crippen molar-refractivity contribution in [3.05, 3.63) is 52.5 Å². The fourth-order valence-electron chi connectivity index (χ4n) is 2.70. The molecule has 0 aliphatic carbocycles. The molecule has 0 bridgehead atoms. The summed E-state index contributed by atoms with van der Waals surface area (Å²) < 4.78 is 11.5. The van der Waals surface area contributed by atoms with Crippen LogP contribution in [0.1, 0.15) is 41.2 Å². The Morgan fingerprint density at radius 2 is 1.85 bits per heavy atom. The number of ether oxygens (including phenoxy) is 1. The molecule has 1 unspecified atom stereocenters. The predicted molar refractivity (Wildman–Crippen MR) is 81.4 cm³/mol. The number of aryl methyl sites for hydroxylation is 2. The number of benzene rings is 1. The first kappa shape index (κ1) is 14.7. The van der Waals surface area contributed by atoms with E-state index < -0.39 is 0 Å². The van der Waals surface area contributed by atoms with Crippen molar-refractivity contribution < 1.29 is 9.15 Å². The molecule has 0 amide bonds. The van der Waals surface area contributed by atoms with Crippen LogP contribution in [-0.4, -0.2) is 13.7 Å². The van der Waals surface area contributed by atoms with Gasteiger partial charge in [-0.05, 0) is 46.4 Å². The smallest absolute Gasteiger partial charge is 0.124 e. The lowest BCUT2D eigenvalue weighted by molar-refractivity contribution is 0.334. The van der Waals surface area contributed by atoms with Gasteiger partial charge in [-0.2, -0.15) is 0 Å². The molecule has 0 fully saturated rings. The van der Waals surface area contributed by atoms with E-state index in [2.05, 4.69) is 18.3 Å². The van der Waals surface area contributed by atoms with Crippen molar-refractivity contribution in [1.82, 2.24) is 5.32 Å². The summed E-state index contributed by atoms with van der Waals surface area (Å²) in [6.07, 6.45) is 0. The fourth-order valence-corrected chi connectivity index (χ4v) is 2.70. The van der Waals surface area contributed by atoms with Gasteiger partial charge in [0.2, 0.25) is 0 Å². The number of nitrogens with one attached hydrogen (secondary N) is 1. The van der Waals surface area contributed by atoms with Gasteiger partial charge in [-0.3, -0.25) is 0 Å². The van der Waals surface area contributed by atoms with E-state index in [0.717, 1.165) is 22.8 Å². The first-order valence-electron chi connectivity index (χ1n) is 7.05. The summed E-state index contributed by atoms with van der Waals surface area (Å²) in [6.45, 7) is 8.80. The summed E-state index contributed by atoms with van der Waals surface area (Å²) in [5.41, 5.74) is 3.55. The highest BCUT2D eigenvalue weighted by Gasteiger charge is 2.23. The lowest BCUT2D eigenvalue weighted by Gasteiger charge is -2.20. The summed E-state index contributed by atoms with van der Waals surface area (Å²) in [4.78, 5) is 0. The molecule has 0 aliphatic heterocycles. The SMILES string of the molecule is CCOc1ccccc1C(NC)c1c(C)oc(C)c1C. The van der Waals surface area contributed by atoms with Gasteiger partial charge in [0, 0.05) is 11.1 Å². The summed E-state index contributed by atoms with van der Waals surface area (Å²) in [6, 6.07) is 8.24. The van der Waals surface area contributed by atoms with E-state index in [9.17, 15) is 0 Å². The average Bonchev–Trinajstić information content (AvgIpc) is 2.68. The highest BCUT2D eigenvalue weighted by atomic mass is 16.5. The van der Waals surface area contributed by atoms with Crippen LogP contribution < -0.4 is 10.1 Å². The van der Waals surface area contributed by atoms with Crippen LogP contribution in [0.5, 0.6) is 5.75 Å². The Hall–Kier alpha value is -1.74. The Bertz CT molecular complexity index is 587. The molecule has 0 aliphatic rings. The third-order valence-electron chi connectivity index (χ3n) is 3.72. The van der Waals surface area contributed by atoms with E-state index in [1.807, 2.05) is 46.0 Å². The second-order valence-corrected chi connectivity index (χ2v) is 4.95. The number of hydrogen-bond donors (Lipinski definition) is 1. The average molecular weight is 273 g/mol. The Balaban J connectivity index is 2.52. The van der Waals surface area contributed by atoms with E-state index >= 15 is 0 Å². The Labute approximate surface area is 121 Å². The minimum Gasteiger partial charge on any atom is -0.494 e. The Kier molecular flexibility index (Phi) is 4.50. The third-order valence-corrected chi connectivity index (χ3v) is 3.72. The molecule has 1 N–H and O–H groups in total. The normalized spacial score (nSPS) is 12.4. The molecule has 0 saturated carbocycles. The van der Waals surface area contributed by atoms with Gasteiger partial charge in [-0.15, -0.1) is 0 Å². The monoisotopic (exact) mass is 273 g/mol. The Morgan fingerprint density at radius 3 is 2.40 bits per heavy atom. The van der Waals surface area contributed by atoms with Gasteiger partial charge in [-0.25, -0.2) is 0 Å². The molecule has 1 aromatic carbocycles. The quantitative estimate of drug-likeness (QED) is 0.896. The maximum absolute atomic E-state index is 5.77. The topological polar surface area (TPSA) is 34.4 Å². The fraction of sp³-hybridized carbons (Fsp3) is 0.412. The van der Waals surface area contributed by atoms with Gasteiger partial charge < -0.3 is 14.5 Å². The van der Waals surface area contributed by atoms with Crippen LogP contribution in [0.3, 0.4) is 0 Å². The Morgan fingerprint density at radius 1 is 1.15 bits per heavy atom. The molecule has 3 nitrogen and oxygen atoms in total. The molecule has 1 heterocycles. The molecule has 0 spiro atoms. The van der Waals surface area contributed by atoms with Crippen LogP contribution in [0.25, 0.3) is 0 Å². The standard InChI is InChI=1S/C17H23NO2/c1-6-19-15-10-8-7-9-14(15)17(18-5)16-11(2)12(3)20-13(16)4/h7-10,17-18H,6H2,1-5H3. The molecule has 1 aromatic heterocycles. The largest absolute Gasteiger partial charge is 0.494 e. The van der Waals surface area contributed by atoms with Crippen molar-refractivity contribution in [2.24, 2.45) is 0 Å². The molecule has 3 heteroatoms. The van der Waals surface area contributed by atoms with E-state index in [0.29, 0.717) is 6.61 Å². The molecule has 108 valence electrons. The van der Waals surface area contributed by atoms with Crippen molar-refractivity contribution in [2.75, 3.05) is 13.7 Å². The number of hydrogen-bond acceptors (Lipinski definition) is 3. The van der Waals surface area contributed by atoms with Crippen LogP contribution in [0.2, 0.25) is 0 Å². The van der Waals surface area contributed by atoms with Crippen molar-refractivity contribution in [3.8, 4) is 5.75 Å². The number of rotatable bonds is 5. The molecule has 2 rings (SSSR count). The molecular formula is C17H23NO2. The second kappa shape index (κ2) is 6.14. The molecule has 0 saturated heterocycles. The van der Waals surface area contributed by atoms with Gasteiger partial charge in [-0.1, -0.05) is 18.2 Å². The van der Waals surface area contributed by atoms with E-state index in [1.165, 1.54) is 11.1 Å². The van der Waals surface area contributed by atoms with E-state index in [4.69, 9.17) is 9.15 Å². The zero-order valence-corrected chi connectivity index (χ0v) is 12.9. The first-order valence-corrected chi connectivity index (χ1v) is 7.05. The molecular weight excluding hydrogens is 250 g/mol. The molecule has 1 atom stereocenters. The van der Waals surface area contributed by atoms with Crippen molar-refractivity contribution in [1.29, 1.82) is 0 Å². The molecule has 20 heavy (non-hydrogen) atoms. The molecule has 0 radical (unpaired) electrons. The molecule has 2 aromatic rings. The van der Waals surface area contributed by atoms with Gasteiger partial charge in [0.15, 0.2) is 0 Å². The number of furan rings is 1. The van der Waals surface area contributed by atoms with E-state index in [-0.39, 0.29) is 6.04 Å². The zero-order valence-electron chi connectivity index (χ0n) is 12.9. The van der Waals surface area contributed by atoms with Crippen LogP contribution in [0, 0.1) is 20.8 Å². The van der Waals surface area contributed by atoms with Crippen molar-refractivity contribution in [3.63, 3.8) is 0 Å². The van der Waals surface area contributed by atoms with Crippen LogP contribution >= 0.6 is 0 Å². The maximum atomic E-state index is 5.77. The van der Waals surface area contributed by atoms with Crippen molar-refractivity contribution >= 4 is 0 Å². The van der Waals surface area contributed by atoms with Crippen LogP contribution in [-0.2, 0) is 0 Å². The second-order valence-electron chi connectivity index (χ2n) is 4.95. The first-order chi connectivity index (χ1) is 9.60. The van der Waals surface area contributed by atoms with Crippen LogP contribution in [0.4, 0.5) is 0 Å². The summed E-state index contributed by atoms with van der Waals surface area (Å²) >= 11 is 0. The van der Waals surface area contributed by atoms with Gasteiger partial charge in [0.05, 0.1) is 12.6 Å². The maximum Gasteiger partial charge on any atom is 0.124 e. The summed E-state index contributed by atoms with van der Waals surface area (Å²) in [7, 11) is 1.97. The van der Waals surface area contributed by atoms with Crippen LogP contribution in [0.15, 0.2) is 28.7 Å². The van der Waals surface area contributed by atoms with Gasteiger partial charge >= 0.3 is 0 Å². The minimum absolute atomic E-state index is 0.0789. The lowest BCUT2D eigenvalue weighted by atomic mass is 9.95. The van der Waals surface area contributed by atoms with Gasteiger partial charge in [0.25, 0.3) is 0 Å². The lowest BCUT2D eigenvalue weighted by Crippen LogP contribution is -2.19. The third kappa shape index (κ3) is 2.59.